The summed E-state index contributed by atoms with van der Waals surface area (Å²) in [6, 6.07) is 0. The fourth-order valence-electron chi connectivity index (χ4n) is 48.5. The Morgan fingerprint density at radius 2 is 0.0667 bits per heavy atom. The second-order valence-electron chi connectivity index (χ2n) is 59.8. The van der Waals surface area contributed by atoms with E-state index in [2.05, 4.69) is 222 Å². The fraction of sp³-hybridized carbons (Fsp3) is 1.00. The third kappa shape index (κ3) is 9.70. The number of rotatable bonds is 28. The molecule has 0 aromatic heterocycles. The first-order valence-electron chi connectivity index (χ1n) is 57.1. The number of hydrogen-bond donors (Lipinski definition) is 0. The minimum Gasteiger partial charge on any atom is -0.0620 e. The van der Waals surface area contributed by atoms with Gasteiger partial charge in [-0.2, -0.15) is 0 Å². The maximum Gasteiger partial charge on any atom is -0.0312 e. The lowest BCUT2D eigenvalue weighted by molar-refractivity contribution is -0.101. The molecule has 29 aliphatic carbocycles. The smallest absolute Gasteiger partial charge is 0.0312 e. The van der Waals surface area contributed by atoms with Crippen molar-refractivity contribution < 1.29 is 0 Å². The molecule has 0 aliphatic heterocycles. The zero-order valence-corrected chi connectivity index (χ0v) is 82.8. The predicted octanol–water partition coefficient (Wildman–Crippen LogP) is 27.2. The van der Waals surface area contributed by atoms with Crippen molar-refractivity contribution >= 4 is 0 Å². The molecule has 0 saturated heterocycles. The van der Waals surface area contributed by atoms with Crippen molar-refractivity contribution in [2.45, 2.75) is 222 Å². The highest BCUT2D eigenvalue weighted by Crippen LogP contribution is 2.97. The average Bonchev–Trinajstić information content (AvgIpc) is 1.43. The lowest BCUT2D eigenvalue weighted by Gasteiger charge is -2.56. The zero-order chi connectivity index (χ0) is 82.8. The lowest BCUT2D eigenvalue weighted by atomic mass is 9.48. The summed E-state index contributed by atoms with van der Waals surface area (Å²) in [5.41, 5.74) is 0. The van der Waals surface area contributed by atoms with E-state index in [-0.39, 0.29) is 0 Å². The summed E-state index contributed by atoms with van der Waals surface area (Å²) in [5.74, 6) is 90.9. The van der Waals surface area contributed by atoms with Crippen molar-refractivity contribution in [3.8, 4) is 0 Å². The zero-order valence-electron chi connectivity index (χ0n) is 82.8. The third-order valence-electron chi connectivity index (χ3n) is 59.0. The van der Waals surface area contributed by atoms with Gasteiger partial charge in [0.1, 0.15) is 0 Å². The molecule has 0 spiro atoms. The highest BCUT2D eigenvalue weighted by molar-refractivity contribution is 5.40. The molecule has 0 aromatic rings. The summed E-state index contributed by atoms with van der Waals surface area (Å²) >= 11 is 0. The van der Waals surface area contributed by atoms with Crippen LogP contribution in [0, 0.1) is 521 Å². The van der Waals surface area contributed by atoms with Gasteiger partial charge in [-0.1, -0.05) is 222 Å². The van der Waals surface area contributed by atoms with E-state index in [1.807, 2.05) is 0 Å². The summed E-state index contributed by atoms with van der Waals surface area (Å²) in [5, 5.41) is 0. The van der Waals surface area contributed by atoms with Gasteiger partial charge in [0.15, 0.2) is 0 Å². The van der Waals surface area contributed by atoms with Gasteiger partial charge in [-0.25, -0.2) is 0 Å². The van der Waals surface area contributed by atoms with Crippen LogP contribution in [0.3, 0.4) is 0 Å². The van der Waals surface area contributed by atoms with E-state index in [0.717, 1.165) is 521 Å². The van der Waals surface area contributed by atoms with E-state index in [0.29, 0.717) is 0 Å². The molecular formula is C120H184. The maximum absolute atomic E-state index is 2.83. The highest BCUT2D eigenvalue weighted by Gasteiger charge is 2.93. The first-order chi connectivity index (χ1) is 57.1. The van der Waals surface area contributed by atoms with Crippen LogP contribution in [0.5, 0.6) is 0 Å². The third-order valence-corrected chi connectivity index (χ3v) is 59.0. The molecule has 0 bridgehead atoms. The molecule has 0 aromatic carbocycles. The molecule has 664 valence electrons. The first-order valence-corrected chi connectivity index (χ1v) is 57.1. The van der Waals surface area contributed by atoms with Gasteiger partial charge in [-0.05, 0) is 521 Å². The van der Waals surface area contributed by atoms with Crippen molar-refractivity contribution in [2.24, 2.45) is 521 Å². The van der Waals surface area contributed by atoms with Crippen LogP contribution in [-0.2, 0) is 0 Å². The average molecular weight is 1630 g/mol. The van der Waals surface area contributed by atoms with Crippen LogP contribution in [-0.4, -0.2) is 0 Å². The van der Waals surface area contributed by atoms with Crippen molar-refractivity contribution in [3.63, 3.8) is 0 Å². The first kappa shape index (κ1) is 77.6. The van der Waals surface area contributed by atoms with Crippen LogP contribution in [0.1, 0.15) is 222 Å². The van der Waals surface area contributed by atoms with Crippen molar-refractivity contribution in [1.29, 1.82) is 0 Å². The predicted molar refractivity (Wildman–Crippen MR) is 489 cm³/mol. The monoisotopic (exact) mass is 1630 g/mol. The normalized spacial score (nSPS) is 80.0. The van der Waals surface area contributed by atoms with Crippen molar-refractivity contribution in [1.82, 2.24) is 0 Å². The Kier molecular flexibility index (Phi) is 15.4. The van der Waals surface area contributed by atoms with Crippen LogP contribution in [0.4, 0.5) is 0 Å². The molecule has 0 amide bonds. The molecule has 0 N–H and O–H groups in total. The van der Waals surface area contributed by atoms with Crippen LogP contribution < -0.4 is 0 Å². The molecule has 56 unspecified atom stereocenters. The molecular weight excluding hydrogens is 1440 g/mol. The molecule has 0 heteroatoms. The van der Waals surface area contributed by atoms with Crippen LogP contribution in [0.15, 0.2) is 0 Å². The Balaban J connectivity index is 0.662. The van der Waals surface area contributed by atoms with E-state index in [9.17, 15) is 0 Å². The Hall–Kier alpha value is 0. The second kappa shape index (κ2) is 23.8. The molecule has 0 heterocycles. The van der Waals surface area contributed by atoms with Crippen molar-refractivity contribution in [3.05, 3.63) is 0 Å². The van der Waals surface area contributed by atoms with Crippen LogP contribution in [0.2, 0.25) is 0 Å². The minimum absolute atomic E-state index is 0.975. The van der Waals surface area contributed by atoms with Gasteiger partial charge >= 0.3 is 0 Å². The summed E-state index contributed by atoms with van der Waals surface area (Å²) < 4.78 is 0. The summed E-state index contributed by atoms with van der Waals surface area (Å²) in [4.78, 5) is 0. The molecule has 0 nitrogen and oxygen atoms in total. The van der Waals surface area contributed by atoms with Crippen LogP contribution >= 0.6 is 0 Å². The van der Waals surface area contributed by atoms with Gasteiger partial charge in [-0.3, -0.25) is 0 Å². The van der Waals surface area contributed by atoms with E-state index >= 15 is 0 Å². The van der Waals surface area contributed by atoms with Gasteiger partial charge in [0.25, 0.3) is 0 Å². The second-order valence-corrected chi connectivity index (χ2v) is 59.8. The van der Waals surface area contributed by atoms with E-state index < -0.39 is 0 Å². The summed E-state index contributed by atoms with van der Waals surface area (Å²) in [7, 11) is 0. The molecule has 56 atom stereocenters. The Bertz CT molecular complexity index is 3130. The quantitative estimate of drug-likeness (QED) is 0.0732. The topological polar surface area (TPSA) is 0 Å². The molecule has 29 saturated carbocycles. The molecule has 29 aliphatic rings. The Morgan fingerprint density at radius 3 is 0.0917 bits per heavy atom. The van der Waals surface area contributed by atoms with Gasteiger partial charge in [-0.15, -0.1) is 0 Å². The van der Waals surface area contributed by atoms with Gasteiger partial charge in [0.05, 0.1) is 0 Å². The summed E-state index contributed by atoms with van der Waals surface area (Å²) in [6.45, 7) is 90.4. The van der Waals surface area contributed by atoms with Gasteiger partial charge in [0, 0.05) is 0 Å². The SMILES string of the molecule is CC1C(C)C1C1C(C2C(C)C2C)C1C1C(C2C(C3C(C)C3C)C2C2C(C)C2C)C1C1C(C2C(C3C(C4C(C)C4C)C3C3C(C)C3C)C2C2C(C3C(C)C3C)C2C2C(C)C2C)C(C2C(C3C(C4C(C)C4C)C3C3C(C)C3C)C2C2C(C3C(C)C3C)C2C2C(C)C2C)C1C1C(C2C(C3C(C)C3C)C2C2C(C)C2C)C1C1C(C2C(C)C2C)C1C1C(C)C1C. The Labute approximate surface area is 737 Å². The largest absolute Gasteiger partial charge is 0.0620 e. The molecule has 29 fully saturated rings. The minimum atomic E-state index is 0.975. The lowest BCUT2D eigenvalue weighted by Crippen LogP contribution is -2.53. The summed E-state index contributed by atoms with van der Waals surface area (Å²) in [6.07, 6.45) is 0. The number of hydrogen-bond acceptors (Lipinski definition) is 0. The highest BCUT2D eigenvalue weighted by atomic mass is 15.0. The van der Waals surface area contributed by atoms with Crippen LogP contribution in [0.25, 0.3) is 0 Å². The molecule has 120 heavy (non-hydrogen) atoms. The van der Waals surface area contributed by atoms with Crippen molar-refractivity contribution in [2.75, 3.05) is 0 Å². The van der Waals surface area contributed by atoms with Gasteiger partial charge < -0.3 is 0 Å². The molecule has 29 rings (SSSR count). The van der Waals surface area contributed by atoms with E-state index in [4.69, 9.17) is 0 Å². The maximum atomic E-state index is 2.83. The molecule has 0 radical (unpaired) electrons. The van der Waals surface area contributed by atoms with Gasteiger partial charge in [0.2, 0.25) is 0 Å². The fourth-order valence-corrected chi connectivity index (χ4v) is 48.5. The van der Waals surface area contributed by atoms with E-state index in [1.165, 1.54) is 0 Å². The standard InChI is InChI=1S/C120H184/c1-33-34(2)65(33)81-82(66-35(3)36(66)4)97(81)105-106(98-83(67-37(5)38(67)6)84(98)68-39(7)40(68)8)113(105)117-118(114-107(99-85(69-41(9)42(69)10)86(99)70-43(11)44(70)12)108(114)100-87(71-45(13)46(71)14)88(100)72-47(15)48(72)16)120(116-111(103-93(77-57(25)58(77)26)94(103)78-59(27)60(78)28)112(116)104-95(79-61(29)62(79)30)96(104)80-63(31)64(80)32)119(117)115-109(101-89(73-49(17)50(73)18)90(101)74-51(19)52(74)20)110(115)102-91(75-53(21)54(75)22)92(102)76-55(23)56(76)24/h33-120H,1-32H3. The Morgan fingerprint density at radius 1 is 0.0417 bits per heavy atom. The van der Waals surface area contributed by atoms with E-state index in [1.54, 1.807) is 0 Å².